The van der Waals surface area contributed by atoms with Crippen LogP contribution in [0.4, 0.5) is 0 Å². The highest BCUT2D eigenvalue weighted by molar-refractivity contribution is 5.80. The number of hydrogen-bond donors (Lipinski definition) is 8. The molecule has 0 aromatic rings. The van der Waals surface area contributed by atoms with Crippen LogP contribution in [0.15, 0.2) is 0 Å². The first kappa shape index (κ1) is 41.1. The Bertz CT molecular complexity index is 699. The lowest BCUT2D eigenvalue weighted by atomic mass is 9.98. The maximum Gasteiger partial charge on any atom is 0.249 e. The Hall–Kier alpha value is -0.890. The van der Waals surface area contributed by atoms with Crippen LogP contribution in [0.5, 0.6) is 0 Å². The molecule has 0 spiro atoms. The van der Waals surface area contributed by atoms with E-state index in [0.717, 1.165) is 44.9 Å². The van der Waals surface area contributed by atoms with E-state index < -0.39 is 74.2 Å². The highest BCUT2D eigenvalue weighted by Crippen LogP contribution is 2.23. The Labute approximate surface area is 265 Å². The molecule has 262 valence electrons. The van der Waals surface area contributed by atoms with Crippen molar-refractivity contribution in [2.24, 2.45) is 0 Å². The van der Waals surface area contributed by atoms with E-state index in [1.807, 2.05) is 0 Å². The highest BCUT2D eigenvalue weighted by atomic mass is 16.7. The van der Waals surface area contributed by atoms with E-state index in [9.17, 15) is 40.5 Å². The van der Waals surface area contributed by atoms with E-state index in [-0.39, 0.29) is 6.42 Å². The van der Waals surface area contributed by atoms with Crippen LogP contribution < -0.4 is 5.32 Å². The van der Waals surface area contributed by atoms with Crippen LogP contribution in [0.3, 0.4) is 0 Å². The van der Waals surface area contributed by atoms with Gasteiger partial charge in [-0.3, -0.25) is 4.79 Å². The third-order valence-corrected chi connectivity index (χ3v) is 8.66. The standard InChI is InChI=1S/C33H65NO10/c1-3-5-7-9-10-11-12-13-14-15-17-19-21-26(37)32(42)34-24(28(38)25(36)20-18-16-8-6-4-2)23-43-33-31(41)30(40)29(39)27(22-35)44-33/h24-31,33,35-41H,3-23H2,1-2H3,(H,34,42). The normalized spacial score (nSPS) is 25.0. The summed E-state index contributed by atoms with van der Waals surface area (Å²) in [5, 5.41) is 74.5. The van der Waals surface area contributed by atoms with Crippen molar-refractivity contribution < 1.29 is 50.0 Å². The third kappa shape index (κ3) is 16.6. The lowest BCUT2D eigenvalue weighted by molar-refractivity contribution is -0.303. The van der Waals surface area contributed by atoms with E-state index in [1.54, 1.807) is 0 Å². The van der Waals surface area contributed by atoms with Crippen LogP contribution in [-0.4, -0.2) is 110 Å². The number of carbonyl (C=O) groups excluding carboxylic acids is 1. The molecule has 1 saturated heterocycles. The summed E-state index contributed by atoms with van der Waals surface area (Å²) in [6.07, 6.45) is 7.98. The van der Waals surface area contributed by atoms with Crippen molar-refractivity contribution in [1.29, 1.82) is 0 Å². The molecule has 1 aliphatic heterocycles. The zero-order valence-corrected chi connectivity index (χ0v) is 27.4. The molecule has 11 nitrogen and oxygen atoms in total. The molecule has 0 aromatic carbocycles. The number of nitrogens with one attached hydrogen (secondary N) is 1. The number of rotatable bonds is 27. The van der Waals surface area contributed by atoms with E-state index >= 15 is 0 Å². The minimum atomic E-state index is -1.65. The van der Waals surface area contributed by atoms with Gasteiger partial charge >= 0.3 is 0 Å². The van der Waals surface area contributed by atoms with Gasteiger partial charge in [-0.15, -0.1) is 0 Å². The molecule has 8 N–H and O–H groups in total. The molecule has 9 unspecified atom stereocenters. The van der Waals surface area contributed by atoms with Crippen molar-refractivity contribution in [2.45, 2.75) is 191 Å². The van der Waals surface area contributed by atoms with E-state index in [2.05, 4.69) is 19.2 Å². The van der Waals surface area contributed by atoms with E-state index in [1.165, 1.54) is 51.4 Å². The van der Waals surface area contributed by atoms with Crippen LogP contribution in [0.2, 0.25) is 0 Å². The Balaban J connectivity index is 2.57. The number of carbonyl (C=O) groups is 1. The summed E-state index contributed by atoms with van der Waals surface area (Å²) in [5.74, 6) is -0.704. The smallest absolute Gasteiger partial charge is 0.249 e. The van der Waals surface area contributed by atoms with Crippen LogP contribution >= 0.6 is 0 Å². The molecule has 0 aromatic heterocycles. The summed E-state index contributed by atoms with van der Waals surface area (Å²) in [7, 11) is 0. The van der Waals surface area contributed by atoms with Crippen molar-refractivity contribution in [2.75, 3.05) is 13.2 Å². The summed E-state index contributed by atoms with van der Waals surface area (Å²) in [6, 6.07) is -1.16. The Morgan fingerprint density at radius 1 is 0.705 bits per heavy atom. The van der Waals surface area contributed by atoms with Crippen molar-refractivity contribution in [1.82, 2.24) is 5.32 Å². The van der Waals surface area contributed by atoms with E-state index in [4.69, 9.17) is 9.47 Å². The van der Waals surface area contributed by atoms with Crippen molar-refractivity contribution in [3.63, 3.8) is 0 Å². The van der Waals surface area contributed by atoms with Crippen molar-refractivity contribution >= 4 is 5.91 Å². The SMILES string of the molecule is CCCCCCCCCCCCCCC(O)C(=O)NC(COC1OC(CO)C(O)C(O)C1O)C(O)C(O)CCCCCCC. The quantitative estimate of drug-likeness (QED) is 0.0623. The van der Waals surface area contributed by atoms with Gasteiger partial charge in [-0.05, 0) is 12.8 Å². The highest BCUT2D eigenvalue weighted by Gasteiger charge is 2.44. The monoisotopic (exact) mass is 635 g/mol. The fourth-order valence-electron chi connectivity index (χ4n) is 5.61. The lowest BCUT2D eigenvalue weighted by Crippen LogP contribution is -2.60. The topological polar surface area (TPSA) is 189 Å². The van der Waals surface area contributed by atoms with Crippen LogP contribution in [0.25, 0.3) is 0 Å². The molecular formula is C33H65NO10. The number of hydrogen-bond acceptors (Lipinski definition) is 10. The minimum Gasteiger partial charge on any atom is -0.394 e. The molecule has 1 heterocycles. The second-order valence-corrected chi connectivity index (χ2v) is 12.6. The molecule has 0 radical (unpaired) electrons. The molecule has 44 heavy (non-hydrogen) atoms. The Morgan fingerprint density at radius 3 is 1.68 bits per heavy atom. The first-order valence-electron chi connectivity index (χ1n) is 17.4. The summed E-state index contributed by atoms with van der Waals surface area (Å²) in [6.45, 7) is 3.28. The summed E-state index contributed by atoms with van der Waals surface area (Å²) in [4.78, 5) is 12.9. The van der Waals surface area contributed by atoms with Crippen molar-refractivity contribution in [3.8, 4) is 0 Å². The van der Waals surface area contributed by atoms with Crippen LogP contribution in [0, 0.1) is 0 Å². The second kappa shape index (κ2) is 25.2. The minimum absolute atomic E-state index is 0.264. The summed E-state index contributed by atoms with van der Waals surface area (Å²) < 4.78 is 10.9. The zero-order valence-electron chi connectivity index (χ0n) is 27.4. The molecule has 1 aliphatic rings. The molecule has 1 fully saturated rings. The predicted molar refractivity (Wildman–Crippen MR) is 169 cm³/mol. The van der Waals surface area contributed by atoms with Crippen LogP contribution in [-0.2, 0) is 14.3 Å². The average molecular weight is 636 g/mol. The van der Waals surface area contributed by atoms with Gasteiger partial charge in [0.2, 0.25) is 5.91 Å². The first-order valence-corrected chi connectivity index (χ1v) is 17.4. The van der Waals surface area contributed by atoms with Gasteiger partial charge in [0.15, 0.2) is 6.29 Å². The lowest BCUT2D eigenvalue weighted by Gasteiger charge is -2.40. The Morgan fingerprint density at radius 2 is 1.18 bits per heavy atom. The fourth-order valence-corrected chi connectivity index (χ4v) is 5.61. The van der Waals surface area contributed by atoms with Gasteiger partial charge in [-0.1, -0.05) is 123 Å². The first-order chi connectivity index (χ1) is 21.2. The molecule has 0 bridgehead atoms. The van der Waals surface area contributed by atoms with Crippen molar-refractivity contribution in [3.05, 3.63) is 0 Å². The van der Waals surface area contributed by atoms with Gasteiger partial charge in [0, 0.05) is 0 Å². The second-order valence-electron chi connectivity index (χ2n) is 12.6. The number of aliphatic hydroxyl groups excluding tert-OH is 7. The number of unbranched alkanes of at least 4 members (excludes halogenated alkanes) is 15. The zero-order chi connectivity index (χ0) is 32.7. The molecule has 9 atom stereocenters. The van der Waals surface area contributed by atoms with Gasteiger partial charge in [-0.25, -0.2) is 0 Å². The van der Waals surface area contributed by atoms with Gasteiger partial charge in [0.05, 0.1) is 25.4 Å². The van der Waals surface area contributed by atoms with Gasteiger partial charge < -0.3 is 50.5 Å². The molecule has 1 amide bonds. The number of ether oxygens (including phenoxy) is 2. The molecular weight excluding hydrogens is 570 g/mol. The molecule has 0 aliphatic carbocycles. The molecule has 0 saturated carbocycles. The maximum absolute atomic E-state index is 12.9. The fraction of sp³-hybridized carbons (Fsp3) is 0.970. The Kier molecular flexibility index (Phi) is 23.6. The summed E-state index contributed by atoms with van der Waals surface area (Å²) >= 11 is 0. The predicted octanol–water partition coefficient (Wildman–Crippen LogP) is 2.82. The third-order valence-electron chi connectivity index (χ3n) is 8.66. The molecule has 1 rings (SSSR count). The largest absolute Gasteiger partial charge is 0.394 e. The molecule has 11 heteroatoms. The van der Waals surface area contributed by atoms with Crippen LogP contribution in [0.1, 0.15) is 136 Å². The van der Waals surface area contributed by atoms with E-state index in [0.29, 0.717) is 19.3 Å². The summed E-state index contributed by atoms with van der Waals surface area (Å²) in [5.41, 5.74) is 0. The average Bonchev–Trinajstić information content (AvgIpc) is 3.02. The maximum atomic E-state index is 12.9. The van der Waals surface area contributed by atoms with Gasteiger partial charge in [-0.2, -0.15) is 0 Å². The van der Waals surface area contributed by atoms with Gasteiger partial charge in [0.25, 0.3) is 0 Å². The number of aliphatic hydroxyl groups is 7. The van der Waals surface area contributed by atoms with Gasteiger partial charge in [0.1, 0.15) is 36.6 Å². The number of amides is 1.